The third-order valence-electron chi connectivity index (χ3n) is 12.0. The number of nitrogens with zero attached hydrogens (tertiary/aromatic N) is 1. The third-order valence-corrected chi connectivity index (χ3v) is 12.4. The normalized spacial score (nSPS) is 9.33. The largest absolute Gasteiger partial charge is 0.755 e. The quantitative estimate of drug-likeness (QED) is 0.0464. The van der Waals surface area contributed by atoms with Crippen LogP contribution in [0.25, 0.3) is 76.3 Å². The number of aromatic nitrogens is 7. The SMILES string of the molecule is CC.CC.CC.CC.CC.CC.CC.Cc1ccc2[nH]ccc2c1.Cc1ccc2[nH]ccc2c1.Cc1ccc2[nH]ccc2c1.Cc1ccc2[nH]ccc2c1.Cc1ccc2[nH]ccc2c1.N=S(=O)=O.O=S([O-])Nc1ccc2[nH]ccc2c1.O=S=O.O=[N+]([O-])c1ccc2[nH]ccc2c1. The second-order valence-electron chi connectivity index (χ2n) is 18.3. The van der Waals surface area contributed by atoms with Gasteiger partial charge in [-0.15, -0.1) is 0 Å². The van der Waals surface area contributed by atoms with E-state index in [1.54, 1.807) is 30.5 Å². The number of H-pyrrole nitrogens is 7. The molecule has 0 aliphatic heterocycles. The van der Waals surface area contributed by atoms with Crippen LogP contribution in [0.2, 0.25) is 0 Å². The number of nitro benzene ring substituents is 1. The van der Waals surface area contributed by atoms with Gasteiger partial charge in [-0.25, -0.2) is 0 Å². The van der Waals surface area contributed by atoms with Crippen molar-refractivity contribution in [3.63, 3.8) is 0 Å². The van der Waals surface area contributed by atoms with Crippen molar-refractivity contribution in [1.29, 1.82) is 4.78 Å². The van der Waals surface area contributed by atoms with Crippen molar-refractivity contribution in [3.05, 3.63) is 251 Å². The van der Waals surface area contributed by atoms with Crippen molar-refractivity contribution in [2.75, 3.05) is 4.72 Å². The summed E-state index contributed by atoms with van der Waals surface area (Å²) in [7, 11) is -2.61. The van der Waals surface area contributed by atoms with Crippen LogP contribution in [0.3, 0.4) is 0 Å². The van der Waals surface area contributed by atoms with Crippen LogP contribution in [0.5, 0.6) is 0 Å². The lowest BCUT2D eigenvalue weighted by Gasteiger charge is -2.07. The minimum absolute atomic E-state index is 0.127. The number of hydrogen-bond donors (Lipinski definition) is 9. The molecule has 18 nitrogen and oxygen atoms in total. The van der Waals surface area contributed by atoms with Crippen molar-refractivity contribution in [3.8, 4) is 0 Å². The fourth-order valence-corrected chi connectivity index (χ4v) is 8.55. The summed E-state index contributed by atoms with van der Waals surface area (Å²) in [6, 6.07) is 56.1. The van der Waals surface area contributed by atoms with Crippen molar-refractivity contribution < 1.29 is 30.5 Å². The standard InChI is InChI=1S/5C9H9N.C8H8N2O2S.C8H6N2O2.7C2H6.HNO2S.O2S/c5*1-7-2-3-9-8(6-7)4-5-10-9;11-13(12)10-7-1-2-8-6(5-7)3-4-9-8;11-10(12)7-1-2-8-6(5-7)3-4-9-8;7*1-2;1-4(2)3;1-3-2/h5*2-6,10H,1H3;1-5,9-10H,(H,11,12);1-5,9H;7*1-2H3;1H;/p-1. The number of hydrogen-bond acceptors (Lipinski definition) is 9. The minimum Gasteiger partial charge on any atom is -0.755 e. The van der Waals surface area contributed by atoms with Gasteiger partial charge in [-0.1, -0.05) is 155 Å². The molecule has 96 heavy (non-hydrogen) atoms. The summed E-state index contributed by atoms with van der Waals surface area (Å²) in [6.45, 7) is 38.5. The summed E-state index contributed by atoms with van der Waals surface area (Å²) in [6.07, 6.45) is 13.4. The van der Waals surface area contributed by atoms with Gasteiger partial charge in [0.15, 0.2) is 0 Å². The molecule has 0 aliphatic carbocycles. The van der Waals surface area contributed by atoms with Gasteiger partial charge < -0.3 is 44.2 Å². The number of rotatable bonds is 3. The maximum atomic E-state index is 10.4. The summed E-state index contributed by atoms with van der Waals surface area (Å²) in [5.74, 6) is 0. The van der Waals surface area contributed by atoms with E-state index in [1.165, 1.54) is 88.4 Å². The van der Waals surface area contributed by atoms with Crippen molar-refractivity contribution in [2.24, 2.45) is 0 Å². The van der Waals surface area contributed by atoms with Gasteiger partial charge in [-0.3, -0.25) is 14.3 Å². The molecule has 1 atom stereocenters. The average molecular weight is 1370 g/mol. The van der Waals surface area contributed by atoms with E-state index < -0.39 is 38.3 Å². The highest BCUT2D eigenvalue weighted by Crippen LogP contribution is 2.21. The molecular weight excluding hydrogens is 1270 g/mol. The Morgan fingerprint density at radius 2 is 0.531 bits per heavy atom. The Hall–Kier alpha value is -9.93. The number of aryl methyl sites for hydroxylation is 5. The van der Waals surface area contributed by atoms with Crippen LogP contribution in [0.4, 0.5) is 11.4 Å². The predicted octanol–water partition coefficient (Wildman–Crippen LogP) is 22.0. The van der Waals surface area contributed by atoms with E-state index in [2.05, 4.69) is 196 Å². The summed E-state index contributed by atoms with van der Waals surface area (Å²) >= 11 is -3.01. The van der Waals surface area contributed by atoms with Crippen LogP contribution in [-0.4, -0.2) is 65.4 Å². The van der Waals surface area contributed by atoms with E-state index >= 15 is 0 Å². The molecule has 518 valence electrons. The van der Waals surface area contributed by atoms with Crippen LogP contribution in [-0.2, 0) is 33.3 Å². The molecule has 14 rings (SSSR count). The molecule has 0 aliphatic rings. The second-order valence-corrected chi connectivity index (χ2v) is 19.5. The van der Waals surface area contributed by atoms with E-state index in [-0.39, 0.29) is 5.69 Å². The summed E-state index contributed by atoms with van der Waals surface area (Å²) in [5.41, 5.74) is 15.2. The number of nitrogens with one attached hydrogen (secondary N) is 9. The van der Waals surface area contributed by atoms with Gasteiger partial charge >= 0.3 is 22.1 Å². The minimum atomic E-state index is -2.61. The average Bonchev–Trinajstić information content (AvgIpc) is 2.77. The monoisotopic (exact) mass is 1370 g/mol. The molecule has 0 fully saturated rings. The van der Waals surface area contributed by atoms with Crippen LogP contribution < -0.4 is 4.72 Å². The topological polar surface area (TPSA) is 298 Å². The fraction of sp³-hybridized carbons (Fsp3) is 0.253. The lowest BCUT2D eigenvalue weighted by Crippen LogP contribution is -2.01. The molecule has 0 saturated heterocycles. The van der Waals surface area contributed by atoms with E-state index in [0.717, 1.165) is 21.8 Å². The number of aromatic amines is 7. The zero-order valence-corrected chi connectivity index (χ0v) is 61.6. The lowest BCUT2D eigenvalue weighted by atomic mass is 10.2. The highest BCUT2D eigenvalue weighted by molar-refractivity contribution is 7.80. The second kappa shape index (κ2) is 53.4. The third kappa shape index (κ3) is 33.8. The first-order valence-corrected chi connectivity index (χ1v) is 34.9. The van der Waals surface area contributed by atoms with Gasteiger partial charge in [0.1, 0.15) is 0 Å². The number of anilines is 1. The van der Waals surface area contributed by atoms with Crippen molar-refractivity contribution in [1.82, 2.24) is 34.9 Å². The molecule has 14 aromatic rings. The predicted molar refractivity (Wildman–Crippen MR) is 411 cm³/mol. The molecule has 0 bridgehead atoms. The highest BCUT2D eigenvalue weighted by Gasteiger charge is 2.05. The van der Waals surface area contributed by atoms with Gasteiger partial charge in [0.25, 0.3) is 5.69 Å². The van der Waals surface area contributed by atoms with E-state index in [0.29, 0.717) is 5.69 Å². The first-order valence-electron chi connectivity index (χ1n) is 32.0. The Balaban J connectivity index is 0. The molecule has 0 saturated carbocycles. The van der Waals surface area contributed by atoms with E-state index in [1.807, 2.05) is 152 Å². The van der Waals surface area contributed by atoms with Crippen LogP contribution in [0, 0.1) is 49.5 Å². The van der Waals surface area contributed by atoms with Crippen molar-refractivity contribution in [2.45, 2.75) is 132 Å². The number of benzene rings is 7. The number of non-ortho nitro benzene ring substituents is 1. The maximum Gasteiger partial charge on any atom is 0.335 e. The van der Waals surface area contributed by atoms with Crippen LogP contribution >= 0.6 is 0 Å². The first kappa shape index (κ1) is 88.1. The Morgan fingerprint density at radius 1 is 0.344 bits per heavy atom. The Labute approximate surface area is 575 Å². The molecule has 7 aromatic carbocycles. The molecular formula is C75H101N10O8S3-. The Morgan fingerprint density at radius 3 is 0.740 bits per heavy atom. The lowest BCUT2D eigenvalue weighted by molar-refractivity contribution is -0.384. The maximum absolute atomic E-state index is 10.4. The molecule has 9 N–H and O–H groups in total. The summed E-state index contributed by atoms with van der Waals surface area (Å²) in [5, 5.41) is 18.7. The molecule has 1 unspecified atom stereocenters. The van der Waals surface area contributed by atoms with Crippen LogP contribution in [0.1, 0.15) is 125 Å². The zero-order chi connectivity index (χ0) is 73.0. The summed E-state index contributed by atoms with van der Waals surface area (Å²) in [4.78, 5) is 31.7. The van der Waals surface area contributed by atoms with Crippen molar-refractivity contribution >= 4 is 121 Å². The van der Waals surface area contributed by atoms with Gasteiger partial charge in [0.05, 0.1) is 4.92 Å². The summed E-state index contributed by atoms with van der Waals surface area (Å²) < 4.78 is 62.4. The molecule has 0 spiro atoms. The fourth-order valence-electron chi connectivity index (χ4n) is 8.23. The van der Waals surface area contributed by atoms with Gasteiger partial charge in [-0.2, -0.15) is 21.6 Å². The highest BCUT2D eigenvalue weighted by atomic mass is 32.2. The Bertz CT molecular complexity index is 4070. The molecule has 0 radical (unpaired) electrons. The molecule has 7 heterocycles. The molecule has 0 amide bonds. The van der Waals surface area contributed by atoms with E-state index in [9.17, 15) is 18.9 Å². The zero-order valence-electron chi connectivity index (χ0n) is 59.1. The number of fused-ring (bicyclic) bond motifs is 7. The molecule has 7 aromatic heterocycles. The first-order chi connectivity index (χ1) is 46.5. The molecule has 21 heteroatoms. The number of nitro groups is 1. The smallest absolute Gasteiger partial charge is 0.335 e. The van der Waals surface area contributed by atoms with Crippen LogP contribution in [0.15, 0.2) is 213 Å². The van der Waals surface area contributed by atoms with Gasteiger partial charge in [0.2, 0.25) is 0 Å². The van der Waals surface area contributed by atoms with E-state index in [4.69, 9.17) is 21.6 Å². The van der Waals surface area contributed by atoms with Gasteiger partial charge in [-0.05, 0) is 189 Å². The van der Waals surface area contributed by atoms with Gasteiger partial charge in [0, 0.05) is 122 Å². The Kier molecular flexibility index (Phi) is 49.1.